The first kappa shape index (κ1) is 19.2. The second kappa shape index (κ2) is 8.86. The molecule has 0 aliphatic carbocycles. The first-order valence-electron chi connectivity index (χ1n) is 9.13. The third-order valence-electron chi connectivity index (χ3n) is 4.70. The lowest BCUT2D eigenvalue weighted by Gasteiger charge is -2.33. The summed E-state index contributed by atoms with van der Waals surface area (Å²) < 4.78 is 24.5. The molecule has 5 nitrogen and oxygen atoms in total. The molecule has 1 aliphatic rings. The Morgan fingerprint density at radius 3 is 2.63 bits per heavy atom. The molecule has 6 heteroatoms. The van der Waals surface area contributed by atoms with Gasteiger partial charge >= 0.3 is 0 Å². The van der Waals surface area contributed by atoms with Crippen LogP contribution in [0.1, 0.15) is 18.1 Å². The fourth-order valence-electron chi connectivity index (χ4n) is 3.20. The predicted molar refractivity (Wildman–Crippen MR) is 101 cm³/mol. The Labute approximate surface area is 159 Å². The topological polar surface area (TPSA) is 42.0 Å². The molecular weight excluding hydrogens is 347 g/mol. The number of likely N-dealkylation sites (N-methyl/N-ethyl adjacent to an activating group) is 1. The van der Waals surface area contributed by atoms with Crippen molar-refractivity contribution in [2.24, 2.45) is 0 Å². The quantitative estimate of drug-likeness (QED) is 0.749. The van der Waals surface area contributed by atoms with Crippen LogP contribution in [0.15, 0.2) is 42.5 Å². The zero-order chi connectivity index (χ0) is 19.2. The second-order valence-corrected chi connectivity index (χ2v) is 6.59. The molecule has 2 aromatic carbocycles. The monoisotopic (exact) mass is 372 g/mol. The van der Waals surface area contributed by atoms with E-state index in [4.69, 9.17) is 9.47 Å². The minimum absolute atomic E-state index is 0.172. The highest BCUT2D eigenvalue weighted by Gasteiger charge is 2.22. The highest BCUT2D eigenvalue weighted by molar-refractivity contribution is 5.79. The number of hydrogen-bond acceptors (Lipinski definition) is 4. The van der Waals surface area contributed by atoms with E-state index in [0.717, 1.165) is 30.8 Å². The van der Waals surface area contributed by atoms with Gasteiger partial charge < -0.3 is 14.4 Å². The number of piperazine rings is 1. The van der Waals surface area contributed by atoms with Crippen LogP contribution >= 0.6 is 0 Å². The SMILES string of the molecule is CCN1CCN(Cc2ccc(OCc3cccc(F)c3)c(OC)c2)CC1=O. The number of carbonyl (C=O) groups is 1. The Balaban J connectivity index is 1.63. The van der Waals surface area contributed by atoms with E-state index in [2.05, 4.69) is 4.90 Å². The fourth-order valence-corrected chi connectivity index (χ4v) is 3.20. The summed E-state index contributed by atoms with van der Waals surface area (Å²) in [7, 11) is 1.59. The Morgan fingerprint density at radius 2 is 1.93 bits per heavy atom. The van der Waals surface area contributed by atoms with Gasteiger partial charge in [0.1, 0.15) is 12.4 Å². The van der Waals surface area contributed by atoms with Crippen molar-refractivity contribution >= 4 is 5.91 Å². The average Bonchev–Trinajstić information content (AvgIpc) is 2.67. The maximum Gasteiger partial charge on any atom is 0.236 e. The summed E-state index contributed by atoms with van der Waals surface area (Å²) in [5, 5.41) is 0. The summed E-state index contributed by atoms with van der Waals surface area (Å²) in [6.07, 6.45) is 0. The van der Waals surface area contributed by atoms with Crippen LogP contribution in [0.5, 0.6) is 11.5 Å². The molecule has 0 bridgehead atoms. The fraction of sp³-hybridized carbons (Fsp3) is 0.381. The van der Waals surface area contributed by atoms with Gasteiger partial charge in [-0.2, -0.15) is 0 Å². The molecular formula is C21H25FN2O3. The number of amides is 1. The summed E-state index contributed by atoms with van der Waals surface area (Å²) in [4.78, 5) is 16.1. The lowest BCUT2D eigenvalue weighted by Crippen LogP contribution is -2.49. The molecule has 0 N–H and O–H groups in total. The summed E-state index contributed by atoms with van der Waals surface area (Å²) in [6, 6.07) is 12.1. The lowest BCUT2D eigenvalue weighted by atomic mass is 10.1. The number of rotatable bonds is 7. The van der Waals surface area contributed by atoms with E-state index >= 15 is 0 Å². The molecule has 2 aromatic rings. The number of hydrogen-bond donors (Lipinski definition) is 0. The predicted octanol–water partition coefficient (Wildman–Crippen LogP) is 3.08. The molecule has 1 heterocycles. The van der Waals surface area contributed by atoms with Gasteiger partial charge in [0.25, 0.3) is 0 Å². The molecule has 1 amide bonds. The third-order valence-corrected chi connectivity index (χ3v) is 4.70. The average molecular weight is 372 g/mol. The van der Waals surface area contributed by atoms with Crippen LogP contribution in [0.25, 0.3) is 0 Å². The molecule has 27 heavy (non-hydrogen) atoms. The lowest BCUT2D eigenvalue weighted by molar-refractivity contribution is -0.135. The van der Waals surface area contributed by atoms with Gasteiger partial charge in [-0.3, -0.25) is 9.69 Å². The van der Waals surface area contributed by atoms with E-state index in [0.29, 0.717) is 24.6 Å². The summed E-state index contributed by atoms with van der Waals surface area (Å²) in [6.45, 7) is 5.78. The van der Waals surface area contributed by atoms with Crippen LogP contribution in [-0.2, 0) is 17.9 Å². The standard InChI is InChI=1S/C21H25FN2O3/c1-3-24-10-9-23(14-21(24)25)13-16-7-8-19(20(12-16)26-2)27-15-17-5-4-6-18(22)11-17/h4-8,11-12H,3,9-10,13-15H2,1-2H3. The van der Waals surface area contributed by atoms with Crippen molar-refractivity contribution in [2.75, 3.05) is 33.3 Å². The first-order chi connectivity index (χ1) is 13.1. The molecule has 1 fully saturated rings. The van der Waals surface area contributed by atoms with Crippen molar-refractivity contribution in [3.63, 3.8) is 0 Å². The van der Waals surface area contributed by atoms with E-state index in [1.165, 1.54) is 12.1 Å². The number of carbonyl (C=O) groups excluding carboxylic acids is 1. The van der Waals surface area contributed by atoms with E-state index < -0.39 is 0 Å². The zero-order valence-electron chi connectivity index (χ0n) is 15.8. The van der Waals surface area contributed by atoms with Gasteiger partial charge in [-0.15, -0.1) is 0 Å². The summed E-state index contributed by atoms with van der Waals surface area (Å²) in [5.74, 6) is 1.13. The van der Waals surface area contributed by atoms with Crippen LogP contribution < -0.4 is 9.47 Å². The van der Waals surface area contributed by atoms with Crippen LogP contribution in [0, 0.1) is 5.82 Å². The number of halogens is 1. The Hall–Kier alpha value is -2.60. The number of methoxy groups -OCH3 is 1. The van der Waals surface area contributed by atoms with E-state index in [-0.39, 0.29) is 18.3 Å². The van der Waals surface area contributed by atoms with Gasteiger partial charge in [0, 0.05) is 26.2 Å². The van der Waals surface area contributed by atoms with Gasteiger partial charge in [-0.05, 0) is 42.3 Å². The maximum absolute atomic E-state index is 13.3. The van der Waals surface area contributed by atoms with Crippen molar-refractivity contribution in [1.82, 2.24) is 9.80 Å². The smallest absolute Gasteiger partial charge is 0.236 e. The normalized spacial score (nSPS) is 15.1. The minimum atomic E-state index is -0.281. The molecule has 3 rings (SSSR count). The molecule has 0 spiro atoms. The number of nitrogens with zero attached hydrogens (tertiary/aromatic N) is 2. The molecule has 1 saturated heterocycles. The molecule has 0 saturated carbocycles. The molecule has 0 aromatic heterocycles. The van der Waals surface area contributed by atoms with Crippen molar-refractivity contribution in [3.8, 4) is 11.5 Å². The van der Waals surface area contributed by atoms with E-state index in [1.54, 1.807) is 13.2 Å². The largest absolute Gasteiger partial charge is 0.493 e. The van der Waals surface area contributed by atoms with Gasteiger partial charge in [0.05, 0.1) is 13.7 Å². The van der Waals surface area contributed by atoms with Crippen LogP contribution in [0.3, 0.4) is 0 Å². The molecule has 1 aliphatic heterocycles. The highest BCUT2D eigenvalue weighted by Crippen LogP contribution is 2.29. The molecule has 0 atom stereocenters. The Kier molecular flexibility index (Phi) is 6.29. The van der Waals surface area contributed by atoms with Crippen molar-refractivity contribution < 1.29 is 18.7 Å². The van der Waals surface area contributed by atoms with Crippen LogP contribution in [-0.4, -0.2) is 49.0 Å². The maximum atomic E-state index is 13.3. The van der Waals surface area contributed by atoms with Gasteiger partial charge in [-0.25, -0.2) is 4.39 Å². The van der Waals surface area contributed by atoms with Crippen molar-refractivity contribution in [2.45, 2.75) is 20.1 Å². The summed E-state index contributed by atoms with van der Waals surface area (Å²) >= 11 is 0. The third kappa shape index (κ3) is 4.98. The number of ether oxygens (including phenoxy) is 2. The van der Waals surface area contributed by atoms with Gasteiger partial charge in [0.2, 0.25) is 5.91 Å². The van der Waals surface area contributed by atoms with Crippen LogP contribution in [0.2, 0.25) is 0 Å². The zero-order valence-corrected chi connectivity index (χ0v) is 15.8. The second-order valence-electron chi connectivity index (χ2n) is 6.59. The van der Waals surface area contributed by atoms with Crippen molar-refractivity contribution in [3.05, 3.63) is 59.4 Å². The molecule has 0 radical (unpaired) electrons. The Bertz CT molecular complexity index is 797. The van der Waals surface area contributed by atoms with Crippen LogP contribution in [0.4, 0.5) is 4.39 Å². The minimum Gasteiger partial charge on any atom is -0.493 e. The molecule has 144 valence electrons. The number of benzene rings is 2. The van der Waals surface area contributed by atoms with E-state index in [1.807, 2.05) is 36.1 Å². The highest BCUT2D eigenvalue weighted by atomic mass is 19.1. The van der Waals surface area contributed by atoms with E-state index in [9.17, 15) is 9.18 Å². The Morgan fingerprint density at radius 1 is 1.07 bits per heavy atom. The van der Waals surface area contributed by atoms with Gasteiger partial charge in [-0.1, -0.05) is 18.2 Å². The first-order valence-corrected chi connectivity index (χ1v) is 9.13. The van der Waals surface area contributed by atoms with Gasteiger partial charge in [0.15, 0.2) is 11.5 Å². The van der Waals surface area contributed by atoms with Crippen molar-refractivity contribution in [1.29, 1.82) is 0 Å². The summed E-state index contributed by atoms with van der Waals surface area (Å²) in [5.41, 5.74) is 1.82. The molecule has 0 unspecified atom stereocenters.